The molecule has 2 N–H and O–H groups in total. The molecule has 9 heteroatoms. The first kappa shape index (κ1) is 19.0. The van der Waals surface area contributed by atoms with E-state index in [0.717, 1.165) is 17.1 Å². The highest BCUT2D eigenvalue weighted by Crippen LogP contribution is 2.26. The lowest BCUT2D eigenvalue weighted by molar-refractivity contribution is -0.118. The monoisotopic (exact) mass is 409 g/mol. The van der Waals surface area contributed by atoms with E-state index in [-0.39, 0.29) is 12.3 Å². The molecule has 3 heterocycles. The van der Waals surface area contributed by atoms with Gasteiger partial charge in [-0.25, -0.2) is 4.98 Å². The number of primary amides is 1. The first-order valence-electron chi connectivity index (χ1n) is 9.05. The molecule has 0 saturated carbocycles. The fourth-order valence-corrected chi connectivity index (χ4v) is 3.61. The second-order valence-electron chi connectivity index (χ2n) is 6.30. The Morgan fingerprint density at radius 1 is 1.14 bits per heavy atom. The minimum Gasteiger partial charge on any atom is -0.467 e. The van der Waals surface area contributed by atoms with Crippen molar-refractivity contribution in [3.8, 4) is 11.3 Å². The molecule has 0 saturated heterocycles. The molecular weight excluding hydrogens is 390 g/mol. The summed E-state index contributed by atoms with van der Waals surface area (Å²) in [6.45, 7) is 0.470. The lowest BCUT2D eigenvalue weighted by Crippen LogP contribution is -2.14. The van der Waals surface area contributed by atoms with Crippen LogP contribution in [0.1, 0.15) is 23.9 Å². The molecule has 0 aliphatic heterocycles. The van der Waals surface area contributed by atoms with Gasteiger partial charge in [-0.1, -0.05) is 42.1 Å². The molecule has 0 aliphatic carbocycles. The highest BCUT2D eigenvalue weighted by atomic mass is 32.2. The molecule has 4 rings (SSSR count). The first-order chi connectivity index (χ1) is 14.2. The minimum absolute atomic E-state index is 0.209. The maximum absolute atomic E-state index is 11.2. The van der Waals surface area contributed by atoms with Crippen LogP contribution in [0.25, 0.3) is 11.3 Å². The summed E-state index contributed by atoms with van der Waals surface area (Å²) in [6, 6.07) is 13.5. The third-order valence-corrected chi connectivity index (χ3v) is 5.17. The molecule has 0 radical (unpaired) electrons. The third-order valence-electron chi connectivity index (χ3n) is 4.22. The SMILES string of the molecule is NC(=O)CCc1nnc(SCc2ncc(-c3ccccc3)o2)n1Cc1ccco1. The number of thioether (sulfide) groups is 1. The predicted octanol–water partition coefficient (Wildman–Crippen LogP) is 3.28. The summed E-state index contributed by atoms with van der Waals surface area (Å²) < 4.78 is 13.2. The van der Waals surface area contributed by atoms with Crippen molar-refractivity contribution >= 4 is 17.7 Å². The molecule has 1 aromatic carbocycles. The quantitative estimate of drug-likeness (QED) is 0.422. The van der Waals surface area contributed by atoms with E-state index in [4.69, 9.17) is 14.6 Å². The zero-order valence-electron chi connectivity index (χ0n) is 15.5. The van der Waals surface area contributed by atoms with Crippen LogP contribution in [-0.2, 0) is 23.5 Å². The second-order valence-corrected chi connectivity index (χ2v) is 7.25. The Balaban J connectivity index is 1.49. The number of carbonyl (C=O) groups is 1. The number of rotatable bonds is 9. The van der Waals surface area contributed by atoms with E-state index in [1.54, 1.807) is 12.5 Å². The average molecular weight is 409 g/mol. The highest BCUT2D eigenvalue weighted by Gasteiger charge is 2.16. The van der Waals surface area contributed by atoms with E-state index in [1.165, 1.54) is 11.8 Å². The number of furan rings is 1. The van der Waals surface area contributed by atoms with Crippen molar-refractivity contribution in [1.29, 1.82) is 0 Å². The van der Waals surface area contributed by atoms with Crippen molar-refractivity contribution in [2.24, 2.45) is 5.73 Å². The molecule has 4 aromatic rings. The molecule has 0 bridgehead atoms. The summed E-state index contributed by atoms with van der Waals surface area (Å²) in [7, 11) is 0. The maximum atomic E-state index is 11.2. The normalized spacial score (nSPS) is 11.0. The van der Waals surface area contributed by atoms with Gasteiger partial charge in [0.25, 0.3) is 0 Å². The Kier molecular flexibility index (Phi) is 5.76. The number of hydrogen-bond donors (Lipinski definition) is 1. The number of aromatic nitrogens is 4. The van der Waals surface area contributed by atoms with E-state index in [9.17, 15) is 4.79 Å². The molecule has 1 amide bonds. The molecule has 148 valence electrons. The lowest BCUT2D eigenvalue weighted by atomic mass is 10.2. The van der Waals surface area contributed by atoms with Crippen LogP contribution in [0.15, 0.2) is 68.9 Å². The fourth-order valence-electron chi connectivity index (χ4n) is 2.80. The van der Waals surface area contributed by atoms with Gasteiger partial charge in [0, 0.05) is 18.4 Å². The molecule has 0 atom stereocenters. The van der Waals surface area contributed by atoms with Crippen molar-refractivity contribution in [1.82, 2.24) is 19.7 Å². The van der Waals surface area contributed by atoms with Crippen LogP contribution in [0.3, 0.4) is 0 Å². The maximum Gasteiger partial charge on any atom is 0.217 e. The summed E-state index contributed by atoms with van der Waals surface area (Å²) in [4.78, 5) is 15.5. The largest absolute Gasteiger partial charge is 0.467 e. The number of nitrogens with two attached hydrogens (primary N) is 1. The van der Waals surface area contributed by atoms with Crippen LogP contribution in [-0.4, -0.2) is 25.7 Å². The van der Waals surface area contributed by atoms with Gasteiger partial charge in [-0.05, 0) is 12.1 Å². The first-order valence-corrected chi connectivity index (χ1v) is 10.0. The zero-order chi connectivity index (χ0) is 20.1. The summed E-state index contributed by atoms with van der Waals surface area (Å²) in [5.41, 5.74) is 6.26. The van der Waals surface area contributed by atoms with Gasteiger partial charge in [0.05, 0.1) is 24.8 Å². The summed E-state index contributed by atoms with van der Waals surface area (Å²) in [5, 5.41) is 9.19. The van der Waals surface area contributed by atoms with E-state index in [0.29, 0.717) is 35.6 Å². The van der Waals surface area contributed by atoms with Crippen LogP contribution in [0.4, 0.5) is 0 Å². The molecule has 29 heavy (non-hydrogen) atoms. The Hall–Kier alpha value is -3.33. The molecule has 8 nitrogen and oxygen atoms in total. The van der Waals surface area contributed by atoms with Gasteiger partial charge in [-0.2, -0.15) is 0 Å². The van der Waals surface area contributed by atoms with Crippen molar-refractivity contribution in [2.75, 3.05) is 0 Å². The van der Waals surface area contributed by atoms with Gasteiger partial charge in [0.1, 0.15) is 11.6 Å². The number of hydrogen-bond acceptors (Lipinski definition) is 7. The number of benzene rings is 1. The van der Waals surface area contributed by atoms with Crippen LogP contribution >= 0.6 is 11.8 Å². The van der Waals surface area contributed by atoms with Gasteiger partial charge in [0.15, 0.2) is 10.9 Å². The predicted molar refractivity (Wildman–Crippen MR) is 107 cm³/mol. The van der Waals surface area contributed by atoms with Crippen molar-refractivity contribution < 1.29 is 13.6 Å². The summed E-state index contributed by atoms with van der Waals surface area (Å²) in [5.74, 6) is 2.90. The number of aryl methyl sites for hydroxylation is 1. The minimum atomic E-state index is -0.375. The van der Waals surface area contributed by atoms with E-state index >= 15 is 0 Å². The van der Waals surface area contributed by atoms with Crippen LogP contribution in [0.2, 0.25) is 0 Å². The molecule has 0 spiro atoms. The number of carbonyl (C=O) groups excluding carboxylic acids is 1. The van der Waals surface area contributed by atoms with Crippen LogP contribution in [0.5, 0.6) is 0 Å². The van der Waals surface area contributed by atoms with E-state index in [1.807, 2.05) is 47.0 Å². The van der Waals surface area contributed by atoms with Gasteiger partial charge < -0.3 is 14.6 Å². The topological polar surface area (TPSA) is 113 Å². The Labute approximate surface area is 171 Å². The van der Waals surface area contributed by atoms with Crippen molar-refractivity contribution in [3.05, 3.63) is 72.4 Å². The standard InChI is InChI=1S/C20H19N5O3S/c21-17(26)8-9-18-23-24-20(25(18)12-15-7-4-10-27-15)29-13-19-22-11-16(28-19)14-5-2-1-3-6-14/h1-7,10-11H,8-9,12-13H2,(H2,21,26). The number of amides is 1. The third kappa shape index (κ3) is 4.75. The Morgan fingerprint density at radius 2 is 2.00 bits per heavy atom. The molecular formula is C20H19N5O3S. The van der Waals surface area contributed by atoms with Gasteiger partial charge in [-0.3, -0.25) is 9.36 Å². The highest BCUT2D eigenvalue weighted by molar-refractivity contribution is 7.98. The molecule has 0 aliphatic rings. The number of nitrogens with zero attached hydrogens (tertiary/aromatic N) is 4. The van der Waals surface area contributed by atoms with Crippen molar-refractivity contribution in [2.45, 2.75) is 30.3 Å². The summed E-state index contributed by atoms with van der Waals surface area (Å²) in [6.07, 6.45) is 3.96. The Bertz CT molecular complexity index is 1070. The Morgan fingerprint density at radius 3 is 2.76 bits per heavy atom. The lowest BCUT2D eigenvalue weighted by Gasteiger charge is -2.07. The average Bonchev–Trinajstić information content (AvgIpc) is 3.48. The second kappa shape index (κ2) is 8.78. The van der Waals surface area contributed by atoms with E-state index in [2.05, 4.69) is 15.2 Å². The van der Waals surface area contributed by atoms with E-state index < -0.39 is 0 Å². The molecule has 0 fully saturated rings. The van der Waals surface area contributed by atoms with Gasteiger partial charge >= 0.3 is 0 Å². The van der Waals surface area contributed by atoms with Crippen molar-refractivity contribution in [3.63, 3.8) is 0 Å². The summed E-state index contributed by atoms with van der Waals surface area (Å²) >= 11 is 1.46. The number of oxazole rings is 1. The zero-order valence-corrected chi connectivity index (χ0v) is 16.3. The fraction of sp³-hybridized carbons (Fsp3) is 0.200. The van der Waals surface area contributed by atoms with Gasteiger partial charge in [-0.15, -0.1) is 10.2 Å². The molecule has 3 aromatic heterocycles. The van der Waals surface area contributed by atoms with Gasteiger partial charge in [0.2, 0.25) is 11.8 Å². The van der Waals surface area contributed by atoms with Crippen LogP contribution in [0, 0.1) is 0 Å². The van der Waals surface area contributed by atoms with Crippen LogP contribution < -0.4 is 5.73 Å². The smallest absolute Gasteiger partial charge is 0.217 e. The molecule has 0 unspecified atom stereocenters.